The lowest BCUT2D eigenvalue weighted by molar-refractivity contribution is -0.114. The number of rotatable bonds is 5. The van der Waals surface area contributed by atoms with E-state index in [-0.39, 0.29) is 18.3 Å². The van der Waals surface area contributed by atoms with Crippen LogP contribution in [0.3, 0.4) is 0 Å². The number of fused-ring (bicyclic) bond motifs is 1. The lowest BCUT2D eigenvalue weighted by atomic mass is 10.1. The summed E-state index contributed by atoms with van der Waals surface area (Å²) in [6, 6.07) is 16.6. The fourth-order valence-corrected chi connectivity index (χ4v) is 4.16. The predicted molar refractivity (Wildman–Crippen MR) is 123 cm³/mol. The number of carbonyl (C=O) groups is 1. The zero-order valence-electron chi connectivity index (χ0n) is 17.3. The van der Waals surface area contributed by atoms with Gasteiger partial charge in [0.1, 0.15) is 5.65 Å². The molecule has 1 N–H and O–H groups in total. The fraction of sp³-hybridized carbons (Fsp3) is 0.292. The summed E-state index contributed by atoms with van der Waals surface area (Å²) in [6.45, 7) is 1.51. The number of aromatic nitrogens is 4. The molecule has 7 heteroatoms. The van der Waals surface area contributed by atoms with E-state index < -0.39 is 0 Å². The maximum Gasteiger partial charge on any atom is 0.222 e. The Bertz CT molecular complexity index is 1270. The summed E-state index contributed by atoms with van der Waals surface area (Å²) in [4.78, 5) is 16.3. The Morgan fingerprint density at radius 3 is 2.45 bits per heavy atom. The van der Waals surface area contributed by atoms with E-state index in [0.717, 1.165) is 22.6 Å². The average Bonchev–Trinajstić information content (AvgIpc) is 3.68. The van der Waals surface area contributed by atoms with Crippen LogP contribution in [0.4, 0.5) is 5.82 Å². The first-order chi connectivity index (χ1) is 14.7. The van der Waals surface area contributed by atoms with Gasteiger partial charge in [0.15, 0.2) is 5.82 Å². The molecule has 2 fully saturated rings. The van der Waals surface area contributed by atoms with Crippen LogP contribution in [-0.4, -0.2) is 25.1 Å². The monoisotopic (exact) mass is 433 g/mol. The van der Waals surface area contributed by atoms with Crippen molar-refractivity contribution in [1.29, 1.82) is 0 Å². The first kappa shape index (κ1) is 19.8. The zero-order chi connectivity index (χ0) is 20.2. The van der Waals surface area contributed by atoms with Gasteiger partial charge >= 0.3 is 0 Å². The molecular formula is C24H24ClN5O. The molecule has 0 atom stereocenters. The standard InChI is InChI=1S/C24H23N5O.ClH/c1-15(30)25-24-23(28-13-3-2-4-22(28)26-24)18-9-11-19(12-10-18)29-21(17-7-8-17)14-20(27-29)16-5-6-16;/h2-4,9-14,16-17H,5-8H2,1H3,(H,25,30);1H. The van der Waals surface area contributed by atoms with Gasteiger partial charge < -0.3 is 5.32 Å². The number of imidazole rings is 1. The van der Waals surface area contributed by atoms with Gasteiger partial charge in [0.25, 0.3) is 0 Å². The van der Waals surface area contributed by atoms with Gasteiger partial charge in [0.05, 0.1) is 17.1 Å². The van der Waals surface area contributed by atoms with Crippen molar-refractivity contribution in [3.8, 4) is 16.9 Å². The average molecular weight is 434 g/mol. The van der Waals surface area contributed by atoms with Gasteiger partial charge in [-0.1, -0.05) is 18.2 Å². The molecule has 1 amide bonds. The molecule has 6 rings (SSSR count). The molecule has 0 radical (unpaired) electrons. The molecule has 0 saturated heterocycles. The second kappa shape index (κ2) is 7.54. The van der Waals surface area contributed by atoms with Crippen LogP contribution in [0.5, 0.6) is 0 Å². The number of benzene rings is 1. The molecule has 2 aliphatic rings. The maximum absolute atomic E-state index is 11.7. The molecule has 0 bridgehead atoms. The highest BCUT2D eigenvalue weighted by Crippen LogP contribution is 2.45. The maximum atomic E-state index is 11.7. The van der Waals surface area contributed by atoms with Crippen molar-refractivity contribution >= 4 is 29.8 Å². The first-order valence-corrected chi connectivity index (χ1v) is 10.6. The molecule has 0 unspecified atom stereocenters. The summed E-state index contributed by atoms with van der Waals surface area (Å²) in [5, 5.41) is 7.82. The number of hydrogen-bond acceptors (Lipinski definition) is 3. The summed E-state index contributed by atoms with van der Waals surface area (Å²) in [6.07, 6.45) is 7.02. The van der Waals surface area contributed by atoms with Crippen LogP contribution in [0.25, 0.3) is 22.6 Å². The number of amides is 1. The van der Waals surface area contributed by atoms with Crippen molar-refractivity contribution in [1.82, 2.24) is 19.2 Å². The summed E-state index contributed by atoms with van der Waals surface area (Å²) in [7, 11) is 0. The number of carbonyl (C=O) groups excluding carboxylic acids is 1. The fourth-order valence-electron chi connectivity index (χ4n) is 4.16. The highest BCUT2D eigenvalue weighted by atomic mass is 35.5. The van der Waals surface area contributed by atoms with Crippen LogP contribution >= 0.6 is 12.4 Å². The summed E-state index contributed by atoms with van der Waals surface area (Å²) in [5.41, 5.74) is 6.37. The number of pyridine rings is 1. The number of nitrogens with one attached hydrogen (secondary N) is 1. The zero-order valence-corrected chi connectivity index (χ0v) is 18.1. The van der Waals surface area contributed by atoms with Crippen molar-refractivity contribution in [2.24, 2.45) is 0 Å². The van der Waals surface area contributed by atoms with Crippen molar-refractivity contribution in [2.75, 3.05) is 5.32 Å². The minimum Gasteiger partial charge on any atom is -0.309 e. The smallest absolute Gasteiger partial charge is 0.222 e. The van der Waals surface area contributed by atoms with Gasteiger partial charge in [0, 0.05) is 36.2 Å². The highest BCUT2D eigenvalue weighted by Gasteiger charge is 2.33. The number of anilines is 1. The van der Waals surface area contributed by atoms with Gasteiger partial charge in [0.2, 0.25) is 5.91 Å². The largest absolute Gasteiger partial charge is 0.309 e. The molecule has 1 aromatic carbocycles. The van der Waals surface area contributed by atoms with Crippen molar-refractivity contribution in [2.45, 2.75) is 44.4 Å². The Labute approximate surface area is 186 Å². The minimum atomic E-state index is -0.130. The Morgan fingerprint density at radius 1 is 1.03 bits per heavy atom. The van der Waals surface area contributed by atoms with Crippen LogP contribution in [-0.2, 0) is 4.79 Å². The van der Waals surface area contributed by atoms with Crippen LogP contribution in [0, 0.1) is 0 Å². The van der Waals surface area contributed by atoms with E-state index in [9.17, 15) is 4.79 Å². The Morgan fingerprint density at radius 2 is 1.77 bits per heavy atom. The third kappa shape index (κ3) is 3.61. The second-order valence-corrected chi connectivity index (χ2v) is 8.42. The van der Waals surface area contributed by atoms with Crippen LogP contribution in [0.1, 0.15) is 55.8 Å². The van der Waals surface area contributed by atoms with Gasteiger partial charge in [-0.2, -0.15) is 5.10 Å². The number of halogens is 1. The minimum absolute atomic E-state index is 0. The molecule has 4 aromatic rings. The third-order valence-electron chi connectivity index (χ3n) is 5.96. The molecule has 0 aliphatic heterocycles. The normalized spacial score (nSPS) is 15.6. The predicted octanol–water partition coefficient (Wildman–Crippen LogP) is 5.32. The van der Waals surface area contributed by atoms with E-state index in [2.05, 4.69) is 45.3 Å². The Balaban J connectivity index is 0.00000204. The molecule has 31 heavy (non-hydrogen) atoms. The topological polar surface area (TPSA) is 64.2 Å². The van der Waals surface area contributed by atoms with Crippen molar-refractivity contribution in [3.05, 3.63) is 66.1 Å². The van der Waals surface area contributed by atoms with Crippen LogP contribution in [0.2, 0.25) is 0 Å². The van der Waals surface area contributed by atoms with E-state index in [4.69, 9.17) is 5.10 Å². The molecule has 158 valence electrons. The first-order valence-electron chi connectivity index (χ1n) is 10.6. The van der Waals surface area contributed by atoms with Crippen molar-refractivity contribution in [3.63, 3.8) is 0 Å². The second-order valence-electron chi connectivity index (χ2n) is 8.42. The lowest BCUT2D eigenvalue weighted by Crippen LogP contribution is -2.07. The molecular weight excluding hydrogens is 410 g/mol. The van der Waals surface area contributed by atoms with Crippen LogP contribution in [0.15, 0.2) is 54.7 Å². The molecule has 3 heterocycles. The van der Waals surface area contributed by atoms with E-state index in [1.54, 1.807) is 0 Å². The van der Waals surface area contributed by atoms with Gasteiger partial charge in [-0.05, 0) is 56.0 Å². The molecule has 3 aromatic heterocycles. The van der Waals surface area contributed by atoms with E-state index >= 15 is 0 Å². The van der Waals surface area contributed by atoms with Gasteiger partial charge in [-0.15, -0.1) is 12.4 Å². The molecule has 2 aliphatic carbocycles. The van der Waals surface area contributed by atoms with E-state index in [1.165, 1.54) is 44.0 Å². The van der Waals surface area contributed by atoms with E-state index in [0.29, 0.717) is 17.7 Å². The summed E-state index contributed by atoms with van der Waals surface area (Å²) >= 11 is 0. The number of nitrogens with zero attached hydrogens (tertiary/aromatic N) is 4. The Kier molecular flexibility index (Phi) is 4.82. The van der Waals surface area contributed by atoms with Crippen LogP contribution < -0.4 is 5.32 Å². The van der Waals surface area contributed by atoms with Gasteiger partial charge in [-0.25, -0.2) is 9.67 Å². The Hall–Kier alpha value is -3.12. The molecule has 0 spiro atoms. The number of hydrogen-bond donors (Lipinski definition) is 1. The SMILES string of the molecule is CC(=O)Nc1nc2ccccn2c1-c1ccc(-n2nc(C3CC3)cc2C2CC2)cc1.Cl. The van der Waals surface area contributed by atoms with E-state index in [1.807, 2.05) is 28.8 Å². The third-order valence-corrected chi connectivity index (χ3v) is 5.96. The lowest BCUT2D eigenvalue weighted by Gasteiger charge is -2.09. The summed E-state index contributed by atoms with van der Waals surface area (Å²) < 4.78 is 4.15. The molecule has 6 nitrogen and oxygen atoms in total. The molecule has 2 saturated carbocycles. The quantitative estimate of drug-likeness (QED) is 0.463. The van der Waals surface area contributed by atoms with Gasteiger partial charge in [-0.3, -0.25) is 9.20 Å². The highest BCUT2D eigenvalue weighted by molar-refractivity contribution is 5.93. The van der Waals surface area contributed by atoms with Crippen molar-refractivity contribution < 1.29 is 4.79 Å². The summed E-state index contributed by atoms with van der Waals surface area (Å²) in [5.74, 6) is 1.75.